The minimum absolute atomic E-state index is 0.0614. The number of ether oxygens (including phenoxy) is 1. The van der Waals surface area contributed by atoms with Crippen molar-refractivity contribution in [2.75, 3.05) is 6.61 Å². The number of aromatic hydroxyl groups is 1. The van der Waals surface area contributed by atoms with Crippen LogP contribution in [0.2, 0.25) is 0 Å². The van der Waals surface area contributed by atoms with Gasteiger partial charge in [0.1, 0.15) is 12.4 Å². The van der Waals surface area contributed by atoms with Crippen molar-refractivity contribution >= 4 is 18.1 Å². The molecule has 0 saturated heterocycles. The monoisotopic (exact) mass is 538 g/mol. The highest BCUT2D eigenvalue weighted by molar-refractivity contribution is 5.97. The second-order valence-corrected chi connectivity index (χ2v) is 12.7. The number of aliphatic hydroxyl groups is 3. The first kappa shape index (κ1) is 26.5. The van der Waals surface area contributed by atoms with Gasteiger partial charge in [-0.3, -0.25) is 4.79 Å². The zero-order valence-electron chi connectivity index (χ0n) is 22.3. The minimum Gasteiger partial charge on any atom is -0.507 e. The smallest absolute Gasteiger partial charge is 0.331 e. The Bertz CT molecular complexity index is 1250. The number of aliphatic hydroxyl groups excluding tert-OH is 1. The number of phenols is 1. The van der Waals surface area contributed by atoms with Gasteiger partial charge in [0.15, 0.2) is 0 Å². The molecule has 5 N–H and O–H groups in total. The molecular weight excluding hydrogens is 500 g/mol. The number of benzene rings is 1. The molecule has 8 atom stereocenters. The van der Waals surface area contributed by atoms with Crippen molar-refractivity contribution in [3.8, 4) is 5.75 Å². The third-order valence-electron chi connectivity index (χ3n) is 11.2. The number of nitrogens with one attached hydrogen (secondary N) is 1. The SMILES string of the molecule is C[C@]12CC[C@H]3[C@@H](CC[C@]4(O)C[C@H](O)CC[C@]34/C=N\NC(=O)c3ccccc3O)[C@@]1(O)CC[C@@H]2C1=CC(=O)OC1. The zero-order chi connectivity index (χ0) is 27.6. The Morgan fingerprint density at radius 1 is 1.08 bits per heavy atom. The maximum atomic E-state index is 12.7. The van der Waals surface area contributed by atoms with Gasteiger partial charge in [-0.2, -0.15) is 5.10 Å². The van der Waals surface area contributed by atoms with Gasteiger partial charge in [0, 0.05) is 29.5 Å². The molecule has 39 heavy (non-hydrogen) atoms. The van der Waals surface area contributed by atoms with Gasteiger partial charge in [0.2, 0.25) is 0 Å². The van der Waals surface area contributed by atoms with Gasteiger partial charge in [-0.15, -0.1) is 0 Å². The summed E-state index contributed by atoms with van der Waals surface area (Å²) in [5, 5.41) is 49.5. The number of carbonyl (C=O) groups excluding carboxylic acids is 2. The van der Waals surface area contributed by atoms with E-state index in [2.05, 4.69) is 17.5 Å². The molecule has 5 aliphatic rings. The Kier molecular flexibility index (Phi) is 6.21. The normalized spacial score (nSPS) is 43.3. The lowest BCUT2D eigenvalue weighted by Crippen LogP contribution is -2.68. The summed E-state index contributed by atoms with van der Waals surface area (Å²) in [5.41, 5.74) is 0.149. The van der Waals surface area contributed by atoms with Crippen molar-refractivity contribution in [1.82, 2.24) is 5.43 Å². The fourth-order valence-corrected chi connectivity index (χ4v) is 9.29. The lowest BCUT2D eigenvalue weighted by atomic mass is 9.41. The van der Waals surface area contributed by atoms with E-state index in [0.29, 0.717) is 32.1 Å². The first-order valence-corrected chi connectivity index (χ1v) is 14.2. The second-order valence-electron chi connectivity index (χ2n) is 12.7. The fraction of sp³-hybridized carbons (Fsp3) is 0.633. The van der Waals surface area contributed by atoms with Gasteiger partial charge in [-0.1, -0.05) is 19.1 Å². The van der Waals surface area contributed by atoms with Gasteiger partial charge in [0.25, 0.3) is 5.91 Å². The Labute approximate surface area is 228 Å². The van der Waals surface area contributed by atoms with Crippen LogP contribution in [0.1, 0.15) is 75.1 Å². The summed E-state index contributed by atoms with van der Waals surface area (Å²) in [6.07, 6.45) is 7.75. The largest absolute Gasteiger partial charge is 0.507 e. The van der Waals surface area contributed by atoms with Crippen molar-refractivity contribution in [1.29, 1.82) is 0 Å². The van der Waals surface area contributed by atoms with Crippen LogP contribution < -0.4 is 5.43 Å². The van der Waals surface area contributed by atoms with Crippen molar-refractivity contribution in [3.05, 3.63) is 41.5 Å². The third kappa shape index (κ3) is 3.80. The summed E-state index contributed by atoms with van der Waals surface area (Å²) in [4.78, 5) is 24.6. The van der Waals surface area contributed by atoms with Crippen LogP contribution in [0.3, 0.4) is 0 Å². The van der Waals surface area contributed by atoms with E-state index >= 15 is 0 Å². The average molecular weight is 539 g/mol. The first-order valence-electron chi connectivity index (χ1n) is 14.2. The highest BCUT2D eigenvalue weighted by Gasteiger charge is 2.71. The molecule has 0 bridgehead atoms. The number of esters is 1. The predicted molar refractivity (Wildman–Crippen MR) is 142 cm³/mol. The molecule has 1 amide bonds. The summed E-state index contributed by atoms with van der Waals surface area (Å²) in [6, 6.07) is 6.23. The number of nitrogens with zero attached hydrogens (tertiary/aromatic N) is 1. The first-order chi connectivity index (χ1) is 18.5. The number of hydrazone groups is 1. The summed E-state index contributed by atoms with van der Waals surface area (Å²) in [7, 11) is 0. The van der Waals surface area contributed by atoms with E-state index in [1.807, 2.05) is 0 Å². The second kappa shape index (κ2) is 9.14. The van der Waals surface area contributed by atoms with Crippen LogP contribution in [0.5, 0.6) is 5.75 Å². The summed E-state index contributed by atoms with van der Waals surface area (Å²) in [6.45, 7) is 2.43. The average Bonchev–Trinajstić information content (AvgIpc) is 3.44. The zero-order valence-corrected chi connectivity index (χ0v) is 22.3. The van der Waals surface area contributed by atoms with Crippen molar-refractivity contribution in [2.45, 2.75) is 82.0 Å². The summed E-state index contributed by atoms with van der Waals surface area (Å²) >= 11 is 0. The Hall–Kier alpha value is -2.75. The van der Waals surface area contributed by atoms with Crippen molar-refractivity contribution in [3.63, 3.8) is 0 Å². The molecule has 1 heterocycles. The van der Waals surface area contributed by atoms with E-state index in [1.54, 1.807) is 24.4 Å². The molecular formula is C30H38N2O7. The minimum atomic E-state index is -1.22. The number of fused-ring (bicyclic) bond motifs is 5. The molecule has 1 aliphatic heterocycles. The standard InChI is InChI=1S/C30H38N2O7/c1-27-10-7-22-23(30(27,38)13-9-21(27)18-14-25(35)39-16-18)8-12-29(37)15-19(33)6-11-28(22,29)17-31-32-26(36)20-4-2-3-5-24(20)34/h2-5,14,17,19,21-23,33-34,37-38H,6-13,15-16H2,1H3,(H,32,36)/b31-17-/t19-,21-,22+,23-,27-,28+,29+,30+/m1/s1. The van der Waals surface area contributed by atoms with Crippen LogP contribution >= 0.6 is 0 Å². The highest BCUT2D eigenvalue weighted by Crippen LogP contribution is 2.70. The predicted octanol–water partition coefficient (Wildman–Crippen LogP) is 2.82. The number of hydrogen-bond donors (Lipinski definition) is 5. The maximum absolute atomic E-state index is 12.7. The fourth-order valence-electron chi connectivity index (χ4n) is 9.29. The van der Waals surface area contributed by atoms with E-state index in [4.69, 9.17) is 4.74 Å². The molecule has 0 radical (unpaired) electrons. The number of cyclic esters (lactones) is 1. The van der Waals surface area contributed by atoms with Crippen LogP contribution in [0.15, 0.2) is 41.0 Å². The lowest BCUT2D eigenvalue weighted by Gasteiger charge is -2.65. The number of phenolic OH excluding ortho intramolecular Hbond substituents is 1. The van der Waals surface area contributed by atoms with Gasteiger partial charge in [0.05, 0.1) is 22.9 Å². The van der Waals surface area contributed by atoms with Crippen molar-refractivity contribution < 1.29 is 34.8 Å². The Morgan fingerprint density at radius 3 is 2.59 bits per heavy atom. The summed E-state index contributed by atoms with van der Waals surface area (Å²) < 4.78 is 5.22. The lowest BCUT2D eigenvalue weighted by molar-refractivity contribution is -0.237. The molecule has 0 spiro atoms. The van der Waals surface area contributed by atoms with E-state index in [0.717, 1.165) is 24.8 Å². The molecule has 6 rings (SSSR count). The topological polar surface area (TPSA) is 149 Å². The van der Waals surface area contributed by atoms with Gasteiger partial charge >= 0.3 is 5.97 Å². The molecule has 1 aromatic carbocycles. The number of rotatable bonds is 4. The maximum Gasteiger partial charge on any atom is 0.331 e. The van der Waals surface area contributed by atoms with E-state index in [9.17, 15) is 30.0 Å². The van der Waals surface area contributed by atoms with Gasteiger partial charge < -0.3 is 25.2 Å². The molecule has 9 nitrogen and oxygen atoms in total. The van der Waals surface area contributed by atoms with Gasteiger partial charge in [-0.25, -0.2) is 10.2 Å². The van der Waals surface area contributed by atoms with E-state index < -0.39 is 34.0 Å². The number of amides is 1. The quantitative estimate of drug-likeness (QED) is 0.225. The third-order valence-corrected chi connectivity index (χ3v) is 11.2. The molecule has 0 unspecified atom stereocenters. The van der Waals surface area contributed by atoms with Crippen LogP contribution in [0.25, 0.3) is 0 Å². The molecule has 4 fully saturated rings. The number of hydrogen-bond acceptors (Lipinski definition) is 8. The Morgan fingerprint density at radius 2 is 1.85 bits per heavy atom. The molecule has 1 aromatic rings. The molecule has 210 valence electrons. The Balaban J connectivity index is 1.33. The van der Waals surface area contributed by atoms with Crippen LogP contribution in [-0.2, 0) is 9.53 Å². The van der Waals surface area contributed by atoms with E-state index in [-0.39, 0.29) is 48.1 Å². The highest BCUT2D eigenvalue weighted by atomic mass is 16.5. The molecule has 0 aromatic heterocycles. The van der Waals surface area contributed by atoms with Crippen LogP contribution in [0.4, 0.5) is 0 Å². The number of carbonyl (C=O) groups is 2. The van der Waals surface area contributed by atoms with Crippen LogP contribution in [0, 0.1) is 28.6 Å². The molecule has 4 aliphatic carbocycles. The molecule has 9 heteroatoms. The number of para-hydroxylation sites is 1. The van der Waals surface area contributed by atoms with Crippen LogP contribution in [-0.4, -0.2) is 62.4 Å². The van der Waals surface area contributed by atoms with Crippen molar-refractivity contribution in [2.24, 2.45) is 33.7 Å². The summed E-state index contributed by atoms with van der Waals surface area (Å²) in [5.74, 6) is -1.15. The van der Waals surface area contributed by atoms with Gasteiger partial charge in [-0.05, 0) is 86.8 Å². The van der Waals surface area contributed by atoms with E-state index in [1.165, 1.54) is 12.1 Å². The molecule has 4 saturated carbocycles.